The van der Waals surface area contributed by atoms with E-state index in [0.717, 1.165) is 34.6 Å². The highest BCUT2D eigenvalue weighted by molar-refractivity contribution is 8.00. The number of thiophene rings is 1. The number of H-pyrrole nitrogens is 1. The molecule has 0 unspecified atom stereocenters. The summed E-state index contributed by atoms with van der Waals surface area (Å²) in [5.74, 6) is 0.929. The van der Waals surface area contributed by atoms with E-state index in [9.17, 15) is 9.59 Å². The highest BCUT2D eigenvalue weighted by Crippen LogP contribution is 2.36. The summed E-state index contributed by atoms with van der Waals surface area (Å²) in [7, 11) is 0. The number of fused-ring (bicyclic) bond motifs is 3. The minimum Gasteiger partial charge on any atom is -0.454 e. The van der Waals surface area contributed by atoms with Crippen LogP contribution in [-0.4, -0.2) is 21.7 Å². The maximum absolute atomic E-state index is 12.7. The summed E-state index contributed by atoms with van der Waals surface area (Å²) in [4.78, 5) is 35.3. The van der Waals surface area contributed by atoms with E-state index < -0.39 is 6.10 Å². The molecule has 0 bridgehead atoms. The van der Waals surface area contributed by atoms with Gasteiger partial charge in [-0.3, -0.25) is 9.59 Å². The largest absolute Gasteiger partial charge is 0.454 e. The third-order valence-corrected chi connectivity index (χ3v) is 7.11. The molecule has 2 heterocycles. The lowest BCUT2D eigenvalue weighted by molar-refractivity contribution is -0.145. The molecule has 4 rings (SSSR count). The number of nitrogens with zero attached hydrogens (tertiary/aromatic N) is 1. The first-order chi connectivity index (χ1) is 13.5. The lowest BCUT2D eigenvalue weighted by Crippen LogP contribution is -2.18. The third kappa shape index (κ3) is 4.00. The van der Waals surface area contributed by atoms with Gasteiger partial charge in [-0.1, -0.05) is 25.1 Å². The van der Waals surface area contributed by atoms with Crippen molar-refractivity contribution in [3.05, 3.63) is 57.0 Å². The average Bonchev–Trinajstić information content (AvgIpc) is 3.05. The number of nitrogens with one attached hydrogen (secondary N) is 1. The van der Waals surface area contributed by atoms with E-state index in [0.29, 0.717) is 17.1 Å². The van der Waals surface area contributed by atoms with E-state index in [2.05, 4.69) is 16.9 Å². The summed E-state index contributed by atoms with van der Waals surface area (Å²) in [6.45, 7) is 3.98. The minimum atomic E-state index is -0.598. The topological polar surface area (TPSA) is 72.0 Å². The number of benzene rings is 1. The summed E-state index contributed by atoms with van der Waals surface area (Å²) >= 11 is 3.02. The van der Waals surface area contributed by atoms with Crippen molar-refractivity contribution in [2.75, 3.05) is 5.75 Å². The molecule has 1 aliphatic carbocycles. The Bertz CT molecular complexity index is 1060. The van der Waals surface area contributed by atoms with E-state index in [-0.39, 0.29) is 17.3 Å². The third-order valence-electron chi connectivity index (χ3n) is 4.98. The first-order valence-electron chi connectivity index (χ1n) is 9.43. The maximum atomic E-state index is 12.7. The van der Waals surface area contributed by atoms with E-state index in [1.807, 2.05) is 30.3 Å². The molecule has 0 radical (unpaired) electrons. The van der Waals surface area contributed by atoms with Crippen LogP contribution in [0.25, 0.3) is 10.2 Å². The summed E-state index contributed by atoms with van der Waals surface area (Å²) in [6.07, 6.45) is 2.44. The number of aryl methyl sites for hydroxylation is 1. The summed E-state index contributed by atoms with van der Waals surface area (Å²) in [6, 6.07) is 9.70. The Hall–Kier alpha value is -2.12. The first kappa shape index (κ1) is 19.2. The Kier molecular flexibility index (Phi) is 5.55. The number of esters is 1. The van der Waals surface area contributed by atoms with Crippen LogP contribution in [0.5, 0.6) is 0 Å². The van der Waals surface area contributed by atoms with Gasteiger partial charge in [-0.2, -0.15) is 0 Å². The van der Waals surface area contributed by atoms with Crippen LogP contribution >= 0.6 is 23.1 Å². The molecule has 0 saturated heterocycles. The average molecular weight is 415 g/mol. The zero-order valence-corrected chi connectivity index (χ0v) is 17.5. The van der Waals surface area contributed by atoms with Gasteiger partial charge in [0.05, 0.1) is 11.1 Å². The second-order valence-electron chi connectivity index (χ2n) is 7.22. The highest BCUT2D eigenvalue weighted by Gasteiger charge is 2.24. The van der Waals surface area contributed by atoms with Crippen LogP contribution in [-0.2, 0) is 22.4 Å². The predicted octanol–water partition coefficient (Wildman–Crippen LogP) is 4.51. The Morgan fingerprint density at radius 3 is 2.96 bits per heavy atom. The molecule has 7 heteroatoms. The van der Waals surface area contributed by atoms with Crippen molar-refractivity contribution in [2.45, 2.75) is 44.1 Å². The van der Waals surface area contributed by atoms with Gasteiger partial charge in [0, 0.05) is 9.77 Å². The van der Waals surface area contributed by atoms with Crippen LogP contribution < -0.4 is 5.56 Å². The minimum absolute atomic E-state index is 0.131. The van der Waals surface area contributed by atoms with Crippen molar-refractivity contribution < 1.29 is 9.53 Å². The van der Waals surface area contributed by atoms with Gasteiger partial charge in [0.25, 0.3) is 5.56 Å². The van der Waals surface area contributed by atoms with Crippen LogP contribution in [0.3, 0.4) is 0 Å². The van der Waals surface area contributed by atoms with E-state index in [4.69, 9.17) is 4.74 Å². The lowest BCUT2D eigenvalue weighted by Gasteiger charge is -2.17. The Labute approximate surface area is 171 Å². The summed E-state index contributed by atoms with van der Waals surface area (Å²) < 4.78 is 5.49. The molecular weight excluding hydrogens is 392 g/mol. The molecule has 2 atom stereocenters. The van der Waals surface area contributed by atoms with Crippen molar-refractivity contribution in [1.82, 2.24) is 9.97 Å². The first-order valence-corrected chi connectivity index (χ1v) is 11.2. The molecule has 0 amide bonds. The van der Waals surface area contributed by atoms with Gasteiger partial charge in [0.2, 0.25) is 0 Å². The number of aromatic amines is 1. The quantitative estimate of drug-likeness (QED) is 0.491. The Morgan fingerprint density at radius 1 is 1.39 bits per heavy atom. The van der Waals surface area contributed by atoms with Crippen molar-refractivity contribution in [2.24, 2.45) is 5.92 Å². The van der Waals surface area contributed by atoms with Crippen molar-refractivity contribution in [1.29, 1.82) is 0 Å². The van der Waals surface area contributed by atoms with Crippen LogP contribution in [0.15, 0.2) is 40.0 Å². The number of carbonyl (C=O) groups is 1. The van der Waals surface area contributed by atoms with Crippen LogP contribution in [0.4, 0.5) is 0 Å². The molecule has 1 aliphatic rings. The van der Waals surface area contributed by atoms with Crippen LogP contribution in [0.1, 0.15) is 42.6 Å². The highest BCUT2D eigenvalue weighted by atomic mass is 32.2. The van der Waals surface area contributed by atoms with E-state index >= 15 is 0 Å². The molecule has 0 fully saturated rings. The smallest absolute Gasteiger partial charge is 0.316 e. The van der Waals surface area contributed by atoms with Gasteiger partial charge in [-0.15, -0.1) is 23.1 Å². The fourth-order valence-corrected chi connectivity index (χ4v) is 5.60. The summed E-state index contributed by atoms with van der Waals surface area (Å²) in [5.41, 5.74) is 1.02. The molecule has 146 valence electrons. The standard InChI is InChI=1S/C21H22N2O3S2/c1-12-8-9-15-16(10-12)28-21-18(15)20(25)22-19(23-21)13(2)26-17(24)11-27-14-6-4-3-5-7-14/h3-7,12-13H,8-11H2,1-2H3,(H,22,23,25)/t12-,13+/m1/s1. The molecule has 5 nitrogen and oxygen atoms in total. The molecule has 28 heavy (non-hydrogen) atoms. The fourth-order valence-electron chi connectivity index (χ4n) is 3.50. The number of rotatable bonds is 5. The molecule has 1 aromatic carbocycles. The number of hydrogen-bond donors (Lipinski definition) is 1. The summed E-state index contributed by atoms with van der Waals surface area (Å²) in [5, 5.41) is 0.716. The van der Waals surface area contributed by atoms with E-state index in [1.165, 1.54) is 16.6 Å². The number of carbonyl (C=O) groups excluding carboxylic acids is 1. The number of ether oxygens (including phenoxy) is 1. The van der Waals surface area contributed by atoms with Gasteiger partial charge in [0.1, 0.15) is 4.83 Å². The fraction of sp³-hybridized carbons (Fsp3) is 0.381. The zero-order chi connectivity index (χ0) is 19.7. The second kappa shape index (κ2) is 8.09. The van der Waals surface area contributed by atoms with Crippen molar-refractivity contribution in [3.8, 4) is 0 Å². The molecule has 0 aliphatic heterocycles. The number of thioether (sulfide) groups is 1. The van der Waals surface area contributed by atoms with Gasteiger partial charge in [-0.05, 0) is 49.8 Å². The van der Waals surface area contributed by atoms with Crippen molar-refractivity contribution >= 4 is 39.3 Å². The number of aromatic nitrogens is 2. The molecule has 3 aromatic rings. The molecule has 2 aromatic heterocycles. The molecule has 1 N–H and O–H groups in total. The van der Waals surface area contributed by atoms with Gasteiger partial charge in [0.15, 0.2) is 11.9 Å². The predicted molar refractivity (Wildman–Crippen MR) is 113 cm³/mol. The second-order valence-corrected chi connectivity index (χ2v) is 9.35. The van der Waals surface area contributed by atoms with Crippen molar-refractivity contribution in [3.63, 3.8) is 0 Å². The lowest BCUT2D eigenvalue weighted by atomic mass is 9.89. The van der Waals surface area contributed by atoms with Crippen LogP contribution in [0, 0.1) is 5.92 Å². The van der Waals surface area contributed by atoms with Crippen LogP contribution in [0.2, 0.25) is 0 Å². The van der Waals surface area contributed by atoms with Gasteiger partial charge in [-0.25, -0.2) is 4.98 Å². The number of hydrogen-bond acceptors (Lipinski definition) is 6. The monoisotopic (exact) mass is 414 g/mol. The zero-order valence-electron chi connectivity index (χ0n) is 15.9. The normalized spacial score (nSPS) is 17.3. The Morgan fingerprint density at radius 2 is 2.18 bits per heavy atom. The Balaban J connectivity index is 1.49. The molecule has 0 saturated carbocycles. The van der Waals surface area contributed by atoms with E-state index in [1.54, 1.807) is 18.3 Å². The molecular formula is C21H22N2O3S2. The SMILES string of the molecule is C[C@@H]1CCc2c(sc3nc([C@H](C)OC(=O)CSc4ccccc4)[nH]c(=O)c23)C1. The van der Waals surface area contributed by atoms with Gasteiger partial charge < -0.3 is 9.72 Å². The maximum Gasteiger partial charge on any atom is 0.316 e. The molecule has 0 spiro atoms. The van der Waals surface area contributed by atoms with Gasteiger partial charge >= 0.3 is 5.97 Å².